The molecule has 2 aromatic carbocycles. The van der Waals surface area contributed by atoms with Crippen LogP contribution in [0.15, 0.2) is 65.2 Å². The summed E-state index contributed by atoms with van der Waals surface area (Å²) in [7, 11) is 1.46. The van der Waals surface area contributed by atoms with Gasteiger partial charge in [-0.3, -0.25) is 0 Å². The van der Waals surface area contributed by atoms with Gasteiger partial charge >= 0.3 is 12.3 Å². The van der Waals surface area contributed by atoms with Crippen LogP contribution in [-0.2, 0) is 19.3 Å². The minimum absolute atomic E-state index is 0.0282. The van der Waals surface area contributed by atoms with Gasteiger partial charge in [-0.2, -0.15) is 13.2 Å². The zero-order valence-corrected chi connectivity index (χ0v) is 20.5. The predicted octanol–water partition coefficient (Wildman–Crippen LogP) is 7.11. The number of benzene rings is 2. The second-order valence-corrected chi connectivity index (χ2v) is 8.83. The largest absolute Gasteiger partial charge is 0.431 e. The molecule has 0 fully saturated rings. The van der Waals surface area contributed by atoms with Crippen LogP contribution in [-0.4, -0.2) is 27.8 Å². The van der Waals surface area contributed by atoms with Gasteiger partial charge < -0.3 is 18.7 Å². The third kappa shape index (κ3) is 5.41. The van der Waals surface area contributed by atoms with Crippen molar-refractivity contribution < 1.29 is 27.2 Å². The molecule has 0 bridgehead atoms. The van der Waals surface area contributed by atoms with Gasteiger partial charge in [-0.05, 0) is 42.7 Å². The highest BCUT2D eigenvalue weighted by atomic mass is 35.5. The van der Waals surface area contributed by atoms with E-state index in [1.807, 2.05) is 0 Å². The second kappa shape index (κ2) is 10.1. The number of carbonyl (C=O) groups is 1. The summed E-state index contributed by atoms with van der Waals surface area (Å²) >= 11 is 6.01. The summed E-state index contributed by atoms with van der Waals surface area (Å²) in [6.45, 7) is 2.98. The van der Waals surface area contributed by atoms with Gasteiger partial charge in [0.15, 0.2) is 5.76 Å². The molecule has 6 nitrogen and oxygen atoms in total. The summed E-state index contributed by atoms with van der Waals surface area (Å²) in [4.78, 5) is 14.3. The monoisotopic (exact) mass is 517 g/mol. The van der Waals surface area contributed by atoms with E-state index in [9.17, 15) is 18.0 Å². The molecule has 36 heavy (non-hydrogen) atoms. The van der Waals surface area contributed by atoms with Crippen LogP contribution in [0.5, 0.6) is 5.88 Å². The number of carbonyl (C=O) groups excluding carboxylic acids is 1. The van der Waals surface area contributed by atoms with Gasteiger partial charge in [0.05, 0.1) is 18.8 Å². The van der Waals surface area contributed by atoms with Crippen molar-refractivity contribution in [2.24, 2.45) is 0 Å². The summed E-state index contributed by atoms with van der Waals surface area (Å²) < 4.78 is 54.9. The van der Waals surface area contributed by atoms with E-state index in [1.165, 1.54) is 18.9 Å². The third-order valence-corrected chi connectivity index (χ3v) is 5.86. The van der Waals surface area contributed by atoms with Crippen molar-refractivity contribution in [3.8, 4) is 17.0 Å². The molecule has 0 saturated heterocycles. The number of ether oxygens (including phenoxy) is 1. The van der Waals surface area contributed by atoms with Crippen LogP contribution in [0.3, 0.4) is 0 Å². The van der Waals surface area contributed by atoms with Crippen molar-refractivity contribution >= 4 is 17.7 Å². The van der Waals surface area contributed by atoms with Crippen molar-refractivity contribution in [3.05, 3.63) is 94.0 Å². The lowest BCUT2D eigenvalue weighted by atomic mass is 10.0. The average Bonchev–Trinajstić information content (AvgIpc) is 3.34. The smallest absolute Gasteiger partial charge is 0.392 e. The molecule has 0 aliphatic carbocycles. The van der Waals surface area contributed by atoms with Gasteiger partial charge in [0, 0.05) is 23.7 Å². The van der Waals surface area contributed by atoms with Crippen LogP contribution in [0.4, 0.5) is 18.0 Å². The molecule has 0 aliphatic heterocycles. The zero-order valence-electron chi connectivity index (χ0n) is 19.8. The number of alkyl halides is 3. The topological polar surface area (TPSA) is 60.5 Å². The van der Waals surface area contributed by atoms with Crippen LogP contribution in [0.2, 0.25) is 5.02 Å². The van der Waals surface area contributed by atoms with E-state index in [2.05, 4.69) is 5.16 Å². The van der Waals surface area contributed by atoms with Crippen molar-refractivity contribution in [1.82, 2.24) is 14.6 Å². The predicted molar refractivity (Wildman–Crippen MR) is 129 cm³/mol. The Balaban J connectivity index is 1.83. The molecule has 0 N–H and O–H groups in total. The van der Waals surface area contributed by atoms with E-state index in [-0.39, 0.29) is 30.1 Å². The molecule has 0 unspecified atom stereocenters. The van der Waals surface area contributed by atoms with Crippen LogP contribution in [0.25, 0.3) is 11.1 Å². The quantitative estimate of drug-likeness (QED) is 0.273. The third-order valence-electron chi connectivity index (χ3n) is 5.61. The fraction of sp³-hybridized carbons (Fsp3) is 0.231. The Hall–Kier alpha value is -3.72. The molecule has 4 aromatic rings. The van der Waals surface area contributed by atoms with E-state index in [0.29, 0.717) is 27.6 Å². The number of hydrogen-bond donors (Lipinski definition) is 0. The molecular formula is C26H23ClF3N3O3. The first-order valence-corrected chi connectivity index (χ1v) is 11.4. The van der Waals surface area contributed by atoms with Crippen molar-refractivity contribution in [3.63, 3.8) is 0 Å². The van der Waals surface area contributed by atoms with Gasteiger partial charge in [0.1, 0.15) is 5.69 Å². The van der Waals surface area contributed by atoms with Gasteiger partial charge in [0.25, 0.3) is 0 Å². The fourth-order valence-electron chi connectivity index (χ4n) is 4.01. The highest BCUT2D eigenvalue weighted by molar-refractivity contribution is 6.30. The maximum absolute atomic E-state index is 14.4. The molecule has 2 heterocycles. The van der Waals surface area contributed by atoms with Crippen LogP contribution < -0.4 is 4.74 Å². The van der Waals surface area contributed by atoms with Crippen LogP contribution in [0, 0.1) is 13.8 Å². The first kappa shape index (κ1) is 25.4. The molecule has 0 atom stereocenters. The Morgan fingerprint density at radius 1 is 1.11 bits per heavy atom. The van der Waals surface area contributed by atoms with Crippen LogP contribution >= 0.6 is 11.6 Å². The molecule has 2 aromatic heterocycles. The van der Waals surface area contributed by atoms with Crippen molar-refractivity contribution in [2.75, 3.05) is 7.05 Å². The first-order chi connectivity index (χ1) is 17.0. The number of amides is 1. The number of aryl methyl sites for hydroxylation is 1. The highest BCUT2D eigenvalue weighted by Crippen LogP contribution is 2.45. The molecule has 4 rings (SSSR count). The molecule has 188 valence electrons. The Morgan fingerprint density at radius 3 is 2.36 bits per heavy atom. The first-order valence-electron chi connectivity index (χ1n) is 11.0. The summed E-state index contributed by atoms with van der Waals surface area (Å²) in [6, 6.07) is 16.6. The summed E-state index contributed by atoms with van der Waals surface area (Å²) in [5, 5.41) is 4.21. The average molecular weight is 518 g/mol. The van der Waals surface area contributed by atoms with E-state index in [4.69, 9.17) is 20.9 Å². The van der Waals surface area contributed by atoms with Crippen molar-refractivity contribution in [2.45, 2.75) is 33.1 Å². The second-order valence-electron chi connectivity index (χ2n) is 8.39. The molecule has 0 saturated carbocycles. The normalized spacial score (nSPS) is 11.5. The molecule has 0 radical (unpaired) electrons. The lowest BCUT2D eigenvalue weighted by Gasteiger charge is -2.19. The lowest BCUT2D eigenvalue weighted by molar-refractivity contribution is -0.144. The molecular weight excluding hydrogens is 495 g/mol. The standard InChI is InChI=1S/C26H23ClF3N3O3/c1-16-13-21(36-31-16)15-32(3)25(34)35-24-22(19-9-11-20(27)12-10-19)17(2)23(26(28,29)30)33(24)14-18-7-5-4-6-8-18/h4-13H,14-15H2,1-3H3. The number of aromatic nitrogens is 2. The maximum Gasteiger partial charge on any atom is 0.431 e. The fourth-order valence-corrected chi connectivity index (χ4v) is 4.14. The number of rotatable bonds is 6. The molecule has 0 spiro atoms. The number of nitrogens with zero attached hydrogens (tertiary/aromatic N) is 3. The van der Waals surface area contributed by atoms with Gasteiger partial charge in [0.2, 0.25) is 5.88 Å². The SMILES string of the molecule is Cc1cc(CN(C)C(=O)Oc2c(-c3ccc(Cl)cc3)c(C)c(C(F)(F)F)n2Cc2ccccc2)on1. The van der Waals surface area contributed by atoms with E-state index in [1.54, 1.807) is 67.6 Å². The Labute approximate surface area is 210 Å². The van der Waals surface area contributed by atoms with Gasteiger partial charge in [-0.25, -0.2) is 4.79 Å². The summed E-state index contributed by atoms with van der Waals surface area (Å²) in [5.74, 6) is 0.202. The molecule has 0 aliphatic rings. The van der Waals surface area contributed by atoms with Crippen LogP contribution in [0.1, 0.15) is 28.3 Å². The summed E-state index contributed by atoms with van der Waals surface area (Å²) in [6.07, 6.45) is -5.55. The van der Waals surface area contributed by atoms with Crippen molar-refractivity contribution in [1.29, 1.82) is 0 Å². The zero-order chi connectivity index (χ0) is 26.0. The molecule has 1 amide bonds. The number of hydrogen-bond acceptors (Lipinski definition) is 4. The highest BCUT2D eigenvalue weighted by Gasteiger charge is 2.41. The summed E-state index contributed by atoms with van der Waals surface area (Å²) in [5.41, 5.74) is 0.893. The Bertz CT molecular complexity index is 1360. The minimum atomic E-state index is -4.70. The molecule has 10 heteroatoms. The maximum atomic E-state index is 14.4. The lowest BCUT2D eigenvalue weighted by Crippen LogP contribution is -2.30. The Morgan fingerprint density at radius 2 is 1.78 bits per heavy atom. The Kier molecular flexibility index (Phi) is 7.12. The van der Waals surface area contributed by atoms with E-state index in [0.717, 1.165) is 4.57 Å². The van der Waals surface area contributed by atoms with Gasteiger partial charge in [-0.15, -0.1) is 0 Å². The number of halogens is 4. The minimum Gasteiger partial charge on any atom is -0.392 e. The van der Waals surface area contributed by atoms with E-state index >= 15 is 0 Å². The van der Waals surface area contributed by atoms with E-state index < -0.39 is 18.0 Å². The van der Waals surface area contributed by atoms with Gasteiger partial charge in [-0.1, -0.05) is 59.2 Å².